The highest BCUT2D eigenvalue weighted by Gasteiger charge is 2.21. The molecular weight excluding hydrogens is 380 g/mol. The number of hydrogen-bond donors (Lipinski definition) is 2. The first-order valence-corrected chi connectivity index (χ1v) is 10.5. The molecule has 1 amide bonds. The summed E-state index contributed by atoms with van der Waals surface area (Å²) in [5.41, 5.74) is 1.87. The molecule has 7 nitrogen and oxygen atoms in total. The van der Waals surface area contributed by atoms with Crippen LogP contribution in [0.2, 0.25) is 0 Å². The Morgan fingerprint density at radius 1 is 1.04 bits per heavy atom. The average molecular weight is 404 g/mol. The molecule has 2 aromatic rings. The van der Waals surface area contributed by atoms with Crippen LogP contribution in [0, 0.1) is 6.92 Å². The zero-order valence-corrected chi connectivity index (χ0v) is 17.1. The molecule has 1 aliphatic heterocycles. The summed E-state index contributed by atoms with van der Waals surface area (Å²) >= 11 is 0. The molecule has 1 aliphatic rings. The highest BCUT2D eigenvalue weighted by molar-refractivity contribution is 7.89. The molecule has 0 saturated heterocycles. The van der Waals surface area contributed by atoms with Gasteiger partial charge in [0.15, 0.2) is 11.5 Å². The standard InChI is InChI=1S/C20H24N2O5S/c1-12(2)22-28(24,25)16-7-5-13(3)17(10-16)20(23)21-14(4)15-6-8-18-19(9-15)27-11-26-18/h5-10,12,14,22H,11H2,1-4H3,(H,21,23)/t14-/m1/s1. The Kier molecular flexibility index (Phi) is 5.62. The molecule has 3 rings (SSSR count). The number of fused-ring (bicyclic) bond motifs is 1. The lowest BCUT2D eigenvalue weighted by Crippen LogP contribution is -2.31. The second-order valence-corrected chi connectivity index (χ2v) is 8.77. The van der Waals surface area contributed by atoms with Crippen molar-refractivity contribution in [2.45, 2.75) is 44.7 Å². The number of aryl methyl sites for hydroxylation is 1. The fourth-order valence-corrected chi connectivity index (χ4v) is 4.21. The van der Waals surface area contributed by atoms with E-state index in [2.05, 4.69) is 10.0 Å². The lowest BCUT2D eigenvalue weighted by atomic mass is 10.1. The largest absolute Gasteiger partial charge is 0.454 e. The topological polar surface area (TPSA) is 93.7 Å². The summed E-state index contributed by atoms with van der Waals surface area (Å²) in [6.07, 6.45) is 0. The second-order valence-electron chi connectivity index (χ2n) is 7.06. The molecule has 1 heterocycles. The molecule has 1 atom stereocenters. The van der Waals surface area contributed by atoms with Gasteiger partial charge in [0.1, 0.15) is 0 Å². The van der Waals surface area contributed by atoms with Gasteiger partial charge in [-0.1, -0.05) is 12.1 Å². The van der Waals surface area contributed by atoms with Crippen molar-refractivity contribution in [2.24, 2.45) is 0 Å². The SMILES string of the molecule is Cc1ccc(S(=O)(=O)NC(C)C)cc1C(=O)N[C@H](C)c1ccc2c(c1)OCO2. The van der Waals surface area contributed by atoms with Gasteiger partial charge in [0.05, 0.1) is 10.9 Å². The van der Waals surface area contributed by atoms with Gasteiger partial charge >= 0.3 is 0 Å². The molecule has 0 saturated carbocycles. The number of hydrogen-bond acceptors (Lipinski definition) is 5. The van der Waals surface area contributed by atoms with Crippen molar-refractivity contribution >= 4 is 15.9 Å². The van der Waals surface area contributed by atoms with Crippen molar-refractivity contribution in [2.75, 3.05) is 6.79 Å². The minimum atomic E-state index is -3.68. The molecule has 150 valence electrons. The maximum absolute atomic E-state index is 12.8. The van der Waals surface area contributed by atoms with E-state index < -0.39 is 10.0 Å². The molecule has 8 heteroatoms. The van der Waals surface area contributed by atoms with Crippen LogP contribution < -0.4 is 19.5 Å². The average Bonchev–Trinajstić information content (AvgIpc) is 3.08. The Balaban J connectivity index is 1.81. The van der Waals surface area contributed by atoms with Crippen molar-refractivity contribution < 1.29 is 22.7 Å². The summed E-state index contributed by atoms with van der Waals surface area (Å²) < 4.78 is 38.0. The normalized spacial score (nSPS) is 14.2. The summed E-state index contributed by atoms with van der Waals surface area (Å²) in [5, 5.41) is 2.91. The van der Waals surface area contributed by atoms with Gasteiger partial charge in [0.25, 0.3) is 5.91 Å². The minimum absolute atomic E-state index is 0.0627. The third-order valence-corrected chi connectivity index (χ3v) is 6.06. The molecule has 0 aliphatic carbocycles. The van der Waals surface area contributed by atoms with Gasteiger partial charge in [-0.25, -0.2) is 13.1 Å². The van der Waals surface area contributed by atoms with Crippen molar-refractivity contribution in [1.29, 1.82) is 0 Å². The van der Waals surface area contributed by atoms with Crippen LogP contribution in [0.25, 0.3) is 0 Å². The molecule has 0 fully saturated rings. The number of sulfonamides is 1. The lowest BCUT2D eigenvalue weighted by Gasteiger charge is -2.17. The van der Waals surface area contributed by atoms with Gasteiger partial charge in [0.2, 0.25) is 16.8 Å². The van der Waals surface area contributed by atoms with E-state index in [4.69, 9.17) is 9.47 Å². The van der Waals surface area contributed by atoms with Crippen LogP contribution in [0.1, 0.15) is 48.3 Å². The van der Waals surface area contributed by atoms with E-state index in [0.717, 1.165) is 5.56 Å². The second kappa shape index (κ2) is 7.81. The summed E-state index contributed by atoms with van der Waals surface area (Å²) in [6.45, 7) is 7.29. The van der Waals surface area contributed by atoms with E-state index >= 15 is 0 Å². The van der Waals surface area contributed by atoms with Gasteiger partial charge in [0, 0.05) is 11.6 Å². The monoisotopic (exact) mass is 404 g/mol. The van der Waals surface area contributed by atoms with E-state index in [1.807, 2.05) is 19.1 Å². The number of carbonyl (C=O) groups is 1. The predicted octanol–water partition coefficient (Wildman–Crippen LogP) is 2.90. The van der Waals surface area contributed by atoms with Gasteiger partial charge < -0.3 is 14.8 Å². The van der Waals surface area contributed by atoms with Crippen LogP contribution in [0.15, 0.2) is 41.3 Å². The molecule has 2 aromatic carbocycles. The predicted molar refractivity (Wildman–Crippen MR) is 105 cm³/mol. The minimum Gasteiger partial charge on any atom is -0.454 e. The Morgan fingerprint density at radius 2 is 1.75 bits per heavy atom. The molecule has 0 aromatic heterocycles. The first-order valence-electron chi connectivity index (χ1n) is 9.01. The number of benzene rings is 2. The van der Waals surface area contributed by atoms with Crippen LogP contribution in [0.4, 0.5) is 0 Å². The lowest BCUT2D eigenvalue weighted by molar-refractivity contribution is 0.0939. The Bertz CT molecular complexity index is 1000. The van der Waals surface area contributed by atoms with Gasteiger partial charge in [-0.3, -0.25) is 4.79 Å². The number of amides is 1. The van der Waals surface area contributed by atoms with E-state index in [-0.39, 0.29) is 29.7 Å². The van der Waals surface area contributed by atoms with Crippen molar-refractivity contribution in [3.05, 3.63) is 53.1 Å². The number of nitrogens with one attached hydrogen (secondary N) is 2. The molecule has 0 unspecified atom stereocenters. The maximum Gasteiger partial charge on any atom is 0.252 e. The van der Waals surface area contributed by atoms with Crippen LogP contribution in [0.5, 0.6) is 11.5 Å². The van der Waals surface area contributed by atoms with Crippen molar-refractivity contribution in [3.8, 4) is 11.5 Å². The maximum atomic E-state index is 12.8. The zero-order chi connectivity index (χ0) is 20.5. The number of ether oxygens (including phenoxy) is 2. The molecule has 2 N–H and O–H groups in total. The van der Waals surface area contributed by atoms with Gasteiger partial charge in [-0.05, 0) is 63.1 Å². The van der Waals surface area contributed by atoms with Crippen LogP contribution in [-0.2, 0) is 10.0 Å². The smallest absolute Gasteiger partial charge is 0.252 e. The van der Waals surface area contributed by atoms with Crippen LogP contribution in [0.3, 0.4) is 0 Å². The van der Waals surface area contributed by atoms with Gasteiger partial charge in [-0.2, -0.15) is 0 Å². The summed E-state index contributed by atoms with van der Waals surface area (Å²) in [7, 11) is -3.68. The van der Waals surface area contributed by atoms with Crippen molar-refractivity contribution in [3.63, 3.8) is 0 Å². The molecule has 0 bridgehead atoms. The molecule has 0 radical (unpaired) electrons. The van der Waals surface area contributed by atoms with Crippen LogP contribution >= 0.6 is 0 Å². The number of rotatable bonds is 6. The Morgan fingerprint density at radius 3 is 2.46 bits per heavy atom. The molecular formula is C20H24N2O5S. The van der Waals surface area contributed by atoms with E-state index in [9.17, 15) is 13.2 Å². The first kappa shape index (κ1) is 20.2. The van der Waals surface area contributed by atoms with Gasteiger partial charge in [-0.15, -0.1) is 0 Å². The third kappa shape index (κ3) is 4.28. The van der Waals surface area contributed by atoms with E-state index in [1.54, 1.807) is 32.9 Å². The Hall–Kier alpha value is -2.58. The van der Waals surface area contributed by atoms with E-state index in [1.165, 1.54) is 12.1 Å². The third-order valence-electron chi connectivity index (χ3n) is 4.40. The fourth-order valence-electron chi connectivity index (χ4n) is 2.93. The molecule has 0 spiro atoms. The highest BCUT2D eigenvalue weighted by Crippen LogP contribution is 2.34. The fraction of sp³-hybridized carbons (Fsp3) is 0.350. The zero-order valence-electron chi connectivity index (χ0n) is 16.3. The summed E-state index contributed by atoms with van der Waals surface area (Å²) in [5.74, 6) is 0.973. The van der Waals surface area contributed by atoms with Crippen molar-refractivity contribution in [1.82, 2.24) is 10.0 Å². The Labute approximate surface area is 165 Å². The molecule has 28 heavy (non-hydrogen) atoms. The highest BCUT2D eigenvalue weighted by atomic mass is 32.2. The van der Waals surface area contributed by atoms with E-state index in [0.29, 0.717) is 22.6 Å². The summed E-state index contributed by atoms with van der Waals surface area (Å²) in [4.78, 5) is 12.9. The first-order chi connectivity index (χ1) is 13.2. The quantitative estimate of drug-likeness (QED) is 0.772. The van der Waals surface area contributed by atoms with Crippen LogP contribution in [-0.4, -0.2) is 27.2 Å². The summed E-state index contributed by atoms with van der Waals surface area (Å²) in [6, 6.07) is 9.49. The number of carbonyl (C=O) groups excluding carboxylic acids is 1.